The van der Waals surface area contributed by atoms with Gasteiger partial charge in [-0.05, 0) is 19.8 Å². The van der Waals surface area contributed by atoms with Gasteiger partial charge in [-0.15, -0.1) is 0 Å². The minimum Gasteiger partial charge on any atom is -0.468 e. The fraction of sp³-hybridized carbons (Fsp3) is 0.909. The topological polar surface area (TPSA) is 83.9 Å². The second-order valence-electron chi connectivity index (χ2n) is 4.51. The molecule has 2 unspecified atom stereocenters. The predicted octanol–water partition coefficient (Wildman–Crippen LogP) is 0.115. The molecule has 0 saturated carbocycles. The van der Waals surface area contributed by atoms with E-state index in [9.17, 15) is 18.3 Å². The number of hydrogen-bond acceptors (Lipinski definition) is 5. The quantitative estimate of drug-likeness (QED) is 0.739. The number of carbonyl (C=O) groups excluding carboxylic acids is 1. The van der Waals surface area contributed by atoms with E-state index in [1.807, 2.05) is 0 Å². The monoisotopic (exact) mass is 279 g/mol. The number of ether oxygens (including phenoxy) is 1. The second-order valence-corrected chi connectivity index (χ2v) is 6.71. The summed E-state index contributed by atoms with van der Waals surface area (Å²) in [4.78, 5) is 11.4. The van der Waals surface area contributed by atoms with Gasteiger partial charge in [0.15, 0.2) is 5.25 Å². The Balaban J connectivity index is 2.96. The summed E-state index contributed by atoms with van der Waals surface area (Å²) in [7, 11) is -2.59. The van der Waals surface area contributed by atoms with Crippen LogP contribution in [0.3, 0.4) is 0 Å². The minimum absolute atomic E-state index is 0.215. The van der Waals surface area contributed by atoms with Crippen molar-refractivity contribution in [3.63, 3.8) is 0 Å². The van der Waals surface area contributed by atoms with E-state index in [4.69, 9.17) is 0 Å². The van der Waals surface area contributed by atoms with Gasteiger partial charge in [0.2, 0.25) is 10.0 Å². The Labute approximate surface area is 108 Å². The number of rotatable bonds is 4. The molecule has 0 spiro atoms. The Morgan fingerprint density at radius 3 is 2.67 bits per heavy atom. The molecule has 18 heavy (non-hydrogen) atoms. The van der Waals surface area contributed by atoms with Crippen LogP contribution in [0.5, 0.6) is 0 Å². The third-order valence-electron chi connectivity index (χ3n) is 3.34. The fourth-order valence-corrected chi connectivity index (χ4v) is 3.88. The average Bonchev–Trinajstić information content (AvgIpc) is 2.62. The lowest BCUT2D eigenvalue weighted by Gasteiger charge is -2.29. The molecule has 1 rings (SSSR count). The summed E-state index contributed by atoms with van der Waals surface area (Å²) in [5.74, 6) is -0.768. The van der Waals surface area contributed by atoms with Crippen LogP contribution in [0, 0.1) is 0 Å². The highest BCUT2D eigenvalue weighted by atomic mass is 32.2. The SMILES string of the molecule is COC(=O)C(C)S(=O)(=O)N1CCCCCC1CO. The molecule has 0 aromatic heterocycles. The first kappa shape index (κ1) is 15.4. The van der Waals surface area contributed by atoms with Crippen LogP contribution < -0.4 is 0 Å². The number of nitrogens with zero attached hydrogens (tertiary/aromatic N) is 1. The van der Waals surface area contributed by atoms with Crippen molar-refractivity contribution < 1.29 is 23.1 Å². The predicted molar refractivity (Wildman–Crippen MR) is 66.4 cm³/mol. The lowest BCUT2D eigenvalue weighted by atomic mass is 10.1. The van der Waals surface area contributed by atoms with Gasteiger partial charge in [0.05, 0.1) is 13.7 Å². The highest BCUT2D eigenvalue weighted by molar-refractivity contribution is 7.90. The Kier molecular flexibility index (Phi) is 5.55. The van der Waals surface area contributed by atoms with Gasteiger partial charge in [-0.2, -0.15) is 4.31 Å². The molecule has 1 N–H and O–H groups in total. The van der Waals surface area contributed by atoms with Gasteiger partial charge in [-0.1, -0.05) is 12.8 Å². The van der Waals surface area contributed by atoms with Gasteiger partial charge < -0.3 is 9.84 Å². The molecule has 106 valence electrons. The fourth-order valence-electron chi connectivity index (χ4n) is 2.16. The first-order valence-corrected chi connectivity index (χ1v) is 7.64. The molecule has 0 aliphatic carbocycles. The Bertz CT molecular complexity index is 381. The van der Waals surface area contributed by atoms with Crippen molar-refractivity contribution in [1.29, 1.82) is 0 Å². The zero-order valence-electron chi connectivity index (χ0n) is 10.8. The molecule has 1 aliphatic heterocycles. The summed E-state index contributed by atoms with van der Waals surface area (Å²) < 4.78 is 30.4. The molecule has 0 amide bonds. The number of methoxy groups -OCH3 is 1. The molecule has 0 bridgehead atoms. The molecule has 1 saturated heterocycles. The highest BCUT2D eigenvalue weighted by Crippen LogP contribution is 2.22. The number of carbonyl (C=O) groups is 1. The molecule has 0 aromatic rings. The van der Waals surface area contributed by atoms with Crippen molar-refractivity contribution in [2.45, 2.75) is 43.9 Å². The molecular weight excluding hydrogens is 258 g/mol. The highest BCUT2D eigenvalue weighted by Gasteiger charge is 2.38. The van der Waals surface area contributed by atoms with Gasteiger partial charge >= 0.3 is 5.97 Å². The average molecular weight is 279 g/mol. The number of esters is 1. The molecule has 0 radical (unpaired) electrons. The normalized spacial score (nSPS) is 24.3. The summed E-state index contributed by atoms with van der Waals surface area (Å²) in [5, 5.41) is 8.08. The van der Waals surface area contributed by atoms with Crippen molar-refractivity contribution in [2.75, 3.05) is 20.3 Å². The van der Waals surface area contributed by atoms with Crippen molar-refractivity contribution >= 4 is 16.0 Å². The van der Waals surface area contributed by atoms with Crippen molar-refractivity contribution in [3.05, 3.63) is 0 Å². The summed E-state index contributed by atoms with van der Waals surface area (Å²) in [6.07, 6.45) is 3.21. The number of sulfonamides is 1. The van der Waals surface area contributed by atoms with Gasteiger partial charge in [0.1, 0.15) is 0 Å². The zero-order chi connectivity index (χ0) is 13.8. The van der Waals surface area contributed by atoms with Crippen molar-refractivity contribution in [2.24, 2.45) is 0 Å². The van der Waals surface area contributed by atoms with E-state index < -0.39 is 27.3 Å². The van der Waals surface area contributed by atoms with Gasteiger partial charge in [0, 0.05) is 12.6 Å². The van der Waals surface area contributed by atoms with E-state index in [1.54, 1.807) is 0 Å². The van der Waals surface area contributed by atoms with Gasteiger partial charge in [0.25, 0.3) is 0 Å². The molecule has 7 heteroatoms. The summed E-state index contributed by atoms with van der Waals surface area (Å²) >= 11 is 0. The van der Waals surface area contributed by atoms with Crippen LogP contribution >= 0.6 is 0 Å². The van der Waals surface area contributed by atoms with Gasteiger partial charge in [-0.3, -0.25) is 4.79 Å². The Morgan fingerprint density at radius 2 is 2.11 bits per heavy atom. The van der Waals surface area contributed by atoms with Gasteiger partial charge in [-0.25, -0.2) is 8.42 Å². The molecule has 2 atom stereocenters. The van der Waals surface area contributed by atoms with E-state index >= 15 is 0 Å². The number of aliphatic hydroxyl groups is 1. The van der Waals surface area contributed by atoms with Crippen LogP contribution in [0.15, 0.2) is 0 Å². The molecule has 1 heterocycles. The van der Waals surface area contributed by atoms with E-state index in [0.29, 0.717) is 13.0 Å². The van der Waals surface area contributed by atoms with Crippen LogP contribution in [0.25, 0.3) is 0 Å². The molecule has 0 aromatic carbocycles. The lowest BCUT2D eigenvalue weighted by molar-refractivity contribution is -0.139. The Hall–Kier alpha value is -0.660. The summed E-state index contributed by atoms with van der Waals surface area (Å²) in [6.45, 7) is 1.46. The third kappa shape index (κ3) is 3.21. The van der Waals surface area contributed by atoms with Crippen molar-refractivity contribution in [3.8, 4) is 0 Å². The van der Waals surface area contributed by atoms with Crippen LogP contribution in [0.1, 0.15) is 32.6 Å². The maximum absolute atomic E-state index is 12.3. The zero-order valence-corrected chi connectivity index (χ0v) is 11.6. The van der Waals surface area contributed by atoms with Crippen molar-refractivity contribution in [1.82, 2.24) is 4.31 Å². The first-order valence-electron chi connectivity index (χ1n) is 6.14. The van der Waals surface area contributed by atoms with E-state index in [-0.39, 0.29) is 6.61 Å². The third-order valence-corrected chi connectivity index (χ3v) is 5.56. The number of aliphatic hydroxyl groups excluding tert-OH is 1. The maximum Gasteiger partial charge on any atom is 0.325 e. The summed E-state index contributed by atoms with van der Waals surface area (Å²) in [5.41, 5.74) is 0. The largest absolute Gasteiger partial charge is 0.468 e. The van der Waals surface area contributed by atoms with Crippen LogP contribution in [0.4, 0.5) is 0 Å². The standard InChI is InChI=1S/C11H21NO5S/c1-9(11(14)17-2)18(15,16)12-7-5-3-4-6-10(12)8-13/h9-10,13H,3-8H2,1-2H3. The molecule has 1 aliphatic rings. The summed E-state index contributed by atoms with van der Waals surface area (Å²) in [6, 6.07) is -0.426. The lowest BCUT2D eigenvalue weighted by Crippen LogP contribution is -2.48. The van der Waals surface area contributed by atoms with E-state index in [2.05, 4.69) is 4.74 Å². The minimum atomic E-state index is -3.76. The second kappa shape index (κ2) is 6.49. The Morgan fingerprint density at radius 1 is 1.44 bits per heavy atom. The molecule has 6 nitrogen and oxygen atoms in total. The molecule has 1 fully saturated rings. The van der Waals surface area contributed by atoms with Crippen LogP contribution in [-0.4, -0.2) is 55.4 Å². The number of hydrogen-bond donors (Lipinski definition) is 1. The van der Waals surface area contributed by atoms with Crippen LogP contribution in [0.2, 0.25) is 0 Å². The van der Waals surface area contributed by atoms with Crippen LogP contribution in [-0.2, 0) is 19.6 Å². The first-order chi connectivity index (χ1) is 8.45. The van der Waals surface area contributed by atoms with E-state index in [0.717, 1.165) is 19.3 Å². The smallest absolute Gasteiger partial charge is 0.325 e. The molecular formula is C11H21NO5S. The van der Waals surface area contributed by atoms with E-state index in [1.165, 1.54) is 18.3 Å². The maximum atomic E-state index is 12.3.